The minimum atomic E-state index is -1.10. The fourth-order valence-electron chi connectivity index (χ4n) is 2.22. The van der Waals surface area contributed by atoms with Gasteiger partial charge in [-0.15, -0.1) is 0 Å². The van der Waals surface area contributed by atoms with Crippen molar-refractivity contribution in [1.82, 2.24) is 9.88 Å². The van der Waals surface area contributed by atoms with Gasteiger partial charge < -0.3 is 20.0 Å². The maximum Gasteiger partial charge on any atom is 0.326 e. The molecular formula is C13H17N3O4. The Morgan fingerprint density at radius 3 is 2.60 bits per heavy atom. The average molecular weight is 279 g/mol. The van der Waals surface area contributed by atoms with Crippen molar-refractivity contribution in [3.8, 4) is 0 Å². The van der Waals surface area contributed by atoms with Crippen LogP contribution in [0.1, 0.15) is 16.8 Å². The van der Waals surface area contributed by atoms with E-state index in [0.29, 0.717) is 11.4 Å². The third-order valence-electron chi connectivity index (χ3n) is 3.28. The van der Waals surface area contributed by atoms with Gasteiger partial charge in [0.25, 0.3) is 5.91 Å². The molecule has 0 saturated carbocycles. The van der Waals surface area contributed by atoms with Crippen LogP contribution in [0.15, 0.2) is 18.3 Å². The second kappa shape index (κ2) is 5.46. The lowest BCUT2D eigenvalue weighted by molar-refractivity contribution is -0.141. The molecule has 1 aliphatic rings. The number of pyridine rings is 1. The van der Waals surface area contributed by atoms with Crippen LogP contribution in [0.3, 0.4) is 0 Å². The number of carboxylic acids is 1. The Labute approximate surface area is 116 Å². The number of aliphatic carboxylic acids is 1. The first-order valence-corrected chi connectivity index (χ1v) is 6.25. The third kappa shape index (κ3) is 2.72. The van der Waals surface area contributed by atoms with Gasteiger partial charge in [0.05, 0.1) is 11.7 Å². The molecule has 0 spiro atoms. The summed E-state index contributed by atoms with van der Waals surface area (Å²) in [5, 5.41) is 18.6. The number of rotatable bonds is 3. The van der Waals surface area contributed by atoms with E-state index >= 15 is 0 Å². The number of amides is 1. The predicted molar refractivity (Wildman–Crippen MR) is 71.6 cm³/mol. The zero-order valence-electron chi connectivity index (χ0n) is 11.4. The number of β-amino-alcohol motifs (C(OH)–C–C–N with tert-alkyl or cyclic N) is 1. The quantitative estimate of drug-likeness (QED) is 0.796. The lowest BCUT2D eigenvalue weighted by atomic mass is 10.2. The van der Waals surface area contributed by atoms with E-state index < -0.39 is 24.0 Å². The molecule has 1 amide bonds. The van der Waals surface area contributed by atoms with Crippen LogP contribution in [0.4, 0.5) is 5.82 Å². The topological polar surface area (TPSA) is 94.0 Å². The van der Waals surface area contributed by atoms with Gasteiger partial charge in [0, 0.05) is 33.3 Å². The molecule has 7 nitrogen and oxygen atoms in total. The SMILES string of the molecule is CN(C)c1ccc(C(=O)N2CC(O)C[C@H]2C(=O)O)cn1. The molecule has 108 valence electrons. The maximum atomic E-state index is 12.3. The Morgan fingerprint density at radius 2 is 2.10 bits per heavy atom. The van der Waals surface area contributed by atoms with E-state index in [0.717, 1.165) is 0 Å². The molecule has 0 aliphatic carbocycles. The zero-order chi connectivity index (χ0) is 14.9. The van der Waals surface area contributed by atoms with Crippen molar-refractivity contribution in [1.29, 1.82) is 0 Å². The summed E-state index contributed by atoms with van der Waals surface area (Å²) in [7, 11) is 3.67. The number of hydrogen-bond acceptors (Lipinski definition) is 5. The van der Waals surface area contributed by atoms with Crippen molar-refractivity contribution in [2.45, 2.75) is 18.6 Å². The first-order chi connectivity index (χ1) is 9.40. The average Bonchev–Trinajstić information content (AvgIpc) is 2.80. The third-order valence-corrected chi connectivity index (χ3v) is 3.28. The zero-order valence-corrected chi connectivity index (χ0v) is 11.4. The van der Waals surface area contributed by atoms with E-state index in [9.17, 15) is 14.7 Å². The molecule has 20 heavy (non-hydrogen) atoms. The molecule has 2 atom stereocenters. The Bertz CT molecular complexity index is 515. The molecule has 1 aromatic rings. The molecule has 0 bridgehead atoms. The molecule has 1 fully saturated rings. The molecular weight excluding hydrogens is 262 g/mol. The van der Waals surface area contributed by atoms with E-state index in [2.05, 4.69) is 4.98 Å². The molecule has 2 heterocycles. The van der Waals surface area contributed by atoms with Crippen LogP contribution in [0.25, 0.3) is 0 Å². The van der Waals surface area contributed by atoms with Gasteiger partial charge in [0.15, 0.2) is 0 Å². The number of aliphatic hydroxyl groups excluding tert-OH is 1. The summed E-state index contributed by atoms with van der Waals surface area (Å²) in [5.74, 6) is -0.822. The Morgan fingerprint density at radius 1 is 1.40 bits per heavy atom. The van der Waals surface area contributed by atoms with E-state index in [4.69, 9.17) is 5.11 Å². The normalized spacial score (nSPS) is 21.9. The van der Waals surface area contributed by atoms with E-state index in [1.54, 1.807) is 17.0 Å². The number of aliphatic hydroxyl groups is 1. The van der Waals surface area contributed by atoms with Gasteiger partial charge in [0.1, 0.15) is 11.9 Å². The van der Waals surface area contributed by atoms with Crippen LogP contribution in [0.5, 0.6) is 0 Å². The first kappa shape index (κ1) is 14.3. The number of hydrogen-bond donors (Lipinski definition) is 2. The summed E-state index contributed by atoms with van der Waals surface area (Å²) >= 11 is 0. The van der Waals surface area contributed by atoms with Crippen LogP contribution in [-0.4, -0.2) is 64.8 Å². The van der Waals surface area contributed by atoms with Gasteiger partial charge in [-0.1, -0.05) is 0 Å². The van der Waals surface area contributed by atoms with E-state index in [1.165, 1.54) is 11.1 Å². The van der Waals surface area contributed by atoms with E-state index in [1.807, 2.05) is 14.1 Å². The minimum absolute atomic E-state index is 0.0330. The highest BCUT2D eigenvalue weighted by Gasteiger charge is 2.39. The van der Waals surface area contributed by atoms with Crippen LogP contribution in [0.2, 0.25) is 0 Å². The number of aromatic nitrogens is 1. The van der Waals surface area contributed by atoms with Gasteiger partial charge in [-0.3, -0.25) is 4.79 Å². The van der Waals surface area contributed by atoms with E-state index in [-0.39, 0.29) is 13.0 Å². The second-order valence-corrected chi connectivity index (χ2v) is 5.00. The number of nitrogens with zero attached hydrogens (tertiary/aromatic N) is 3. The monoisotopic (exact) mass is 279 g/mol. The number of anilines is 1. The summed E-state index contributed by atoms with van der Waals surface area (Å²) in [4.78, 5) is 30.5. The molecule has 1 saturated heterocycles. The van der Waals surface area contributed by atoms with Crippen LogP contribution in [-0.2, 0) is 4.79 Å². The first-order valence-electron chi connectivity index (χ1n) is 6.25. The van der Waals surface area contributed by atoms with Gasteiger partial charge in [-0.2, -0.15) is 0 Å². The Kier molecular flexibility index (Phi) is 3.89. The molecule has 1 unspecified atom stereocenters. The van der Waals surface area contributed by atoms with Crippen LogP contribution >= 0.6 is 0 Å². The molecule has 1 aromatic heterocycles. The van der Waals surface area contributed by atoms with Crippen LogP contribution < -0.4 is 4.90 Å². The molecule has 0 aromatic carbocycles. The van der Waals surface area contributed by atoms with Crippen molar-refractivity contribution in [3.63, 3.8) is 0 Å². The Balaban J connectivity index is 2.20. The van der Waals surface area contributed by atoms with Crippen molar-refractivity contribution < 1.29 is 19.8 Å². The summed E-state index contributed by atoms with van der Waals surface area (Å²) in [5.41, 5.74) is 0.316. The molecule has 7 heteroatoms. The van der Waals surface area contributed by atoms with Crippen LogP contribution in [0, 0.1) is 0 Å². The molecule has 1 aliphatic heterocycles. The van der Waals surface area contributed by atoms with Crippen molar-refractivity contribution >= 4 is 17.7 Å². The fraction of sp³-hybridized carbons (Fsp3) is 0.462. The molecule has 2 rings (SSSR count). The summed E-state index contributed by atoms with van der Waals surface area (Å²) in [6, 6.07) is 2.31. The summed E-state index contributed by atoms with van der Waals surface area (Å²) in [6.07, 6.45) is 0.681. The highest BCUT2D eigenvalue weighted by molar-refractivity contribution is 5.97. The summed E-state index contributed by atoms with van der Waals surface area (Å²) < 4.78 is 0. The fourth-order valence-corrected chi connectivity index (χ4v) is 2.22. The number of carbonyl (C=O) groups excluding carboxylic acids is 1. The maximum absolute atomic E-state index is 12.3. The van der Waals surface area contributed by atoms with Crippen molar-refractivity contribution in [3.05, 3.63) is 23.9 Å². The summed E-state index contributed by atoms with van der Waals surface area (Å²) in [6.45, 7) is 0.0330. The Hall–Kier alpha value is -2.15. The van der Waals surface area contributed by atoms with Gasteiger partial charge in [-0.25, -0.2) is 9.78 Å². The van der Waals surface area contributed by atoms with Gasteiger partial charge in [0.2, 0.25) is 0 Å². The minimum Gasteiger partial charge on any atom is -0.480 e. The van der Waals surface area contributed by atoms with Gasteiger partial charge in [-0.05, 0) is 12.1 Å². The smallest absolute Gasteiger partial charge is 0.326 e. The van der Waals surface area contributed by atoms with Crippen molar-refractivity contribution in [2.75, 3.05) is 25.5 Å². The molecule has 2 N–H and O–H groups in total. The highest BCUT2D eigenvalue weighted by atomic mass is 16.4. The highest BCUT2D eigenvalue weighted by Crippen LogP contribution is 2.21. The lowest BCUT2D eigenvalue weighted by Gasteiger charge is -2.21. The number of likely N-dealkylation sites (tertiary alicyclic amines) is 1. The lowest BCUT2D eigenvalue weighted by Crippen LogP contribution is -2.40. The van der Waals surface area contributed by atoms with Gasteiger partial charge >= 0.3 is 5.97 Å². The number of carboxylic acid groups (broad SMARTS) is 1. The van der Waals surface area contributed by atoms with Crippen molar-refractivity contribution in [2.24, 2.45) is 0 Å². The molecule has 0 radical (unpaired) electrons. The largest absolute Gasteiger partial charge is 0.480 e. The predicted octanol–water partition coefficient (Wildman–Crippen LogP) is -0.192. The number of carbonyl (C=O) groups is 2. The standard InChI is InChI=1S/C13H17N3O4/c1-15(2)11-4-3-8(6-14-11)12(18)16-7-9(17)5-10(16)13(19)20/h3-4,6,9-10,17H,5,7H2,1-2H3,(H,19,20)/t9?,10-/m0/s1. The second-order valence-electron chi connectivity index (χ2n) is 5.00.